The topological polar surface area (TPSA) is 152 Å². The van der Waals surface area contributed by atoms with Crippen LogP contribution in [0.2, 0.25) is 0 Å². The van der Waals surface area contributed by atoms with Crippen LogP contribution in [0.4, 0.5) is 0 Å². The van der Waals surface area contributed by atoms with E-state index in [0.717, 1.165) is 33.2 Å². The van der Waals surface area contributed by atoms with Gasteiger partial charge in [-0.25, -0.2) is 0 Å². The summed E-state index contributed by atoms with van der Waals surface area (Å²) in [5.74, 6) is -0.233. The number of carbonyl (C=O) groups is 1. The van der Waals surface area contributed by atoms with Crippen molar-refractivity contribution in [2.24, 2.45) is 5.92 Å². The molecule has 0 saturated carbocycles. The van der Waals surface area contributed by atoms with E-state index >= 15 is 0 Å². The predicted molar refractivity (Wildman–Crippen MR) is 143 cm³/mol. The first kappa shape index (κ1) is 38.3. The smallest absolute Gasteiger partial charge is 0.397 e. The van der Waals surface area contributed by atoms with Crippen LogP contribution in [0, 0.1) is 5.92 Å². The van der Waals surface area contributed by atoms with Crippen molar-refractivity contribution in [1.29, 1.82) is 0 Å². The van der Waals surface area contributed by atoms with Crippen molar-refractivity contribution in [2.45, 2.75) is 77.6 Å². The van der Waals surface area contributed by atoms with E-state index in [-0.39, 0.29) is 19.6 Å². The van der Waals surface area contributed by atoms with E-state index in [1.54, 1.807) is 0 Å². The molecule has 0 aromatic heterocycles. The molecule has 0 aromatic rings. The first-order valence-corrected chi connectivity index (χ1v) is 14.8. The molecule has 0 aliphatic rings. The highest BCUT2D eigenvalue weighted by Gasteiger charge is 2.12. The molecule has 1 unspecified atom stereocenters. The Labute approximate surface area is 224 Å². The maximum atomic E-state index is 10.5. The molecule has 0 radical (unpaired) electrons. The summed E-state index contributed by atoms with van der Waals surface area (Å²) < 4.78 is 46.1. The molecule has 37 heavy (non-hydrogen) atoms. The number of aliphatic carboxylic acids is 1. The van der Waals surface area contributed by atoms with E-state index in [4.69, 9.17) is 29.0 Å². The average Bonchev–Trinajstić information content (AvgIpc) is 2.84. The molecule has 0 aromatic carbocycles. The average molecular weight is 560 g/mol. The van der Waals surface area contributed by atoms with E-state index in [9.17, 15) is 13.2 Å². The molecule has 3 N–H and O–H groups in total. The first-order valence-electron chi connectivity index (χ1n) is 13.4. The van der Waals surface area contributed by atoms with Gasteiger partial charge in [-0.15, -0.1) is 0 Å². The number of aliphatic hydroxyl groups excluding tert-OH is 1. The highest BCUT2D eigenvalue weighted by molar-refractivity contribution is 7.80. The Balaban J connectivity index is 0. The van der Waals surface area contributed by atoms with Crippen LogP contribution in [0.25, 0.3) is 0 Å². The Morgan fingerprint density at radius 2 is 1.38 bits per heavy atom. The lowest BCUT2D eigenvalue weighted by molar-refractivity contribution is -0.138. The number of likely N-dealkylation sites (N-methyl/N-ethyl adjacent to an activating group) is 1. The number of hydrogen-bond donors (Lipinski definition) is 3. The molecule has 224 valence electrons. The molecule has 0 aliphatic carbocycles. The van der Waals surface area contributed by atoms with Crippen LogP contribution in [0.1, 0.15) is 77.6 Å². The van der Waals surface area contributed by atoms with E-state index in [0.29, 0.717) is 32.3 Å². The van der Waals surface area contributed by atoms with Crippen molar-refractivity contribution >= 4 is 16.4 Å². The summed E-state index contributed by atoms with van der Waals surface area (Å²) in [5, 5.41) is 17.4. The second kappa shape index (κ2) is 28.2. The number of nitrogens with zero attached hydrogens (tertiary/aromatic N) is 1. The number of carboxylic acids is 1. The molecule has 1 atom stereocenters. The zero-order valence-electron chi connectivity index (χ0n) is 23.3. The molecule has 0 bridgehead atoms. The lowest BCUT2D eigenvalue weighted by Gasteiger charge is -2.24. The maximum Gasteiger partial charge on any atom is 0.397 e. The van der Waals surface area contributed by atoms with E-state index in [2.05, 4.69) is 23.1 Å². The van der Waals surface area contributed by atoms with Crippen molar-refractivity contribution < 1.29 is 46.4 Å². The fourth-order valence-corrected chi connectivity index (χ4v) is 3.54. The Bertz CT molecular complexity index is 592. The minimum atomic E-state index is -4.16. The molecule has 12 heteroatoms. The molecule has 0 spiro atoms. The Kier molecular flexibility index (Phi) is 29.1. The van der Waals surface area contributed by atoms with E-state index < -0.39 is 16.4 Å². The Morgan fingerprint density at radius 3 is 1.92 bits per heavy atom. The molecule has 0 rings (SSSR count). The summed E-state index contributed by atoms with van der Waals surface area (Å²) in [6, 6.07) is 0. The summed E-state index contributed by atoms with van der Waals surface area (Å²) in [6.07, 6.45) is 13.0. The minimum absolute atomic E-state index is 0.0486. The molecule has 0 fully saturated rings. The van der Waals surface area contributed by atoms with Crippen LogP contribution < -0.4 is 0 Å². The van der Waals surface area contributed by atoms with E-state index in [1.165, 1.54) is 57.8 Å². The molecular formula is C25H53NO10S. The van der Waals surface area contributed by atoms with Gasteiger partial charge < -0.3 is 29.3 Å². The number of hydrogen-bond acceptors (Lipinski definition) is 9. The zero-order chi connectivity index (χ0) is 28.2. The summed E-state index contributed by atoms with van der Waals surface area (Å²) in [4.78, 5) is 12.8. The molecule has 0 saturated heterocycles. The largest absolute Gasteiger partial charge is 0.481 e. The summed E-state index contributed by atoms with van der Waals surface area (Å²) in [6.45, 7) is 7.14. The van der Waals surface area contributed by atoms with E-state index in [1.807, 2.05) is 0 Å². The third-order valence-electron chi connectivity index (χ3n) is 5.60. The van der Waals surface area contributed by atoms with Crippen LogP contribution >= 0.6 is 0 Å². The number of ether oxygens (including phenoxy) is 3. The van der Waals surface area contributed by atoms with Crippen LogP contribution in [0.15, 0.2) is 0 Å². The second-order valence-electron chi connectivity index (χ2n) is 8.98. The van der Waals surface area contributed by atoms with Crippen molar-refractivity contribution in [2.75, 3.05) is 73.5 Å². The van der Waals surface area contributed by atoms with Crippen molar-refractivity contribution in [1.82, 2.24) is 4.90 Å². The number of aliphatic hydroxyl groups is 1. The first-order chi connectivity index (χ1) is 17.7. The number of rotatable bonds is 26. The van der Waals surface area contributed by atoms with Gasteiger partial charge >= 0.3 is 16.4 Å². The van der Waals surface area contributed by atoms with Gasteiger partial charge in [-0.05, 0) is 25.8 Å². The van der Waals surface area contributed by atoms with Crippen molar-refractivity contribution in [3.8, 4) is 0 Å². The van der Waals surface area contributed by atoms with Crippen LogP contribution in [-0.2, 0) is 33.6 Å². The van der Waals surface area contributed by atoms with Gasteiger partial charge in [-0.1, -0.05) is 58.3 Å². The number of carboxylic acid groups (broad SMARTS) is 1. The highest BCUT2D eigenvalue weighted by Crippen LogP contribution is 2.17. The molecular weight excluding hydrogens is 506 g/mol. The summed E-state index contributed by atoms with van der Waals surface area (Å²) in [5.41, 5.74) is 0. The van der Waals surface area contributed by atoms with Gasteiger partial charge in [-0.2, -0.15) is 8.42 Å². The Morgan fingerprint density at radius 1 is 0.838 bits per heavy atom. The Hall–Kier alpha value is -0.860. The monoisotopic (exact) mass is 559 g/mol. The third kappa shape index (κ3) is 35.1. The SMILES string of the molecule is CCCCCCCCCCC(CCOCCOCCO)CN(C)CCOCCC(=O)O.COS(=O)(=O)O. The lowest BCUT2D eigenvalue weighted by atomic mass is 9.96. The molecule has 0 aliphatic heterocycles. The minimum Gasteiger partial charge on any atom is -0.481 e. The van der Waals surface area contributed by atoms with Crippen LogP contribution in [-0.4, -0.2) is 108 Å². The van der Waals surface area contributed by atoms with Gasteiger partial charge in [0.2, 0.25) is 0 Å². The molecule has 0 heterocycles. The van der Waals surface area contributed by atoms with Crippen LogP contribution in [0.5, 0.6) is 0 Å². The lowest BCUT2D eigenvalue weighted by Crippen LogP contribution is -2.30. The fraction of sp³-hybridized carbons (Fsp3) is 0.960. The third-order valence-corrected chi connectivity index (χ3v) is 6.02. The van der Waals surface area contributed by atoms with Gasteiger partial charge in [-0.3, -0.25) is 13.5 Å². The molecule has 0 amide bonds. The fourth-order valence-electron chi connectivity index (χ4n) is 3.54. The van der Waals surface area contributed by atoms with Gasteiger partial charge in [0.05, 0.1) is 53.2 Å². The normalized spacial score (nSPS) is 12.4. The predicted octanol–water partition coefficient (Wildman–Crippen LogP) is 3.41. The summed E-state index contributed by atoms with van der Waals surface area (Å²) >= 11 is 0. The van der Waals surface area contributed by atoms with Gasteiger partial charge in [0, 0.05) is 19.7 Å². The van der Waals surface area contributed by atoms with Crippen LogP contribution in [0.3, 0.4) is 0 Å². The summed E-state index contributed by atoms with van der Waals surface area (Å²) in [7, 11) is -1.19. The number of unbranched alkanes of at least 4 members (excludes halogenated alkanes) is 7. The second-order valence-corrected chi connectivity index (χ2v) is 10.2. The molecule has 11 nitrogen and oxygen atoms in total. The van der Waals surface area contributed by atoms with Gasteiger partial charge in [0.15, 0.2) is 0 Å². The van der Waals surface area contributed by atoms with Gasteiger partial charge in [0.25, 0.3) is 0 Å². The van der Waals surface area contributed by atoms with Gasteiger partial charge in [0.1, 0.15) is 0 Å². The van der Waals surface area contributed by atoms with Crippen molar-refractivity contribution in [3.05, 3.63) is 0 Å². The highest BCUT2D eigenvalue weighted by atomic mass is 32.3. The maximum absolute atomic E-state index is 10.5. The standard InChI is InChI=1S/C24H49NO6.CH4O4S/c1-3-4-5-6-7-8-9-10-11-23(12-16-30-20-21-31-19-15-26)22-25(2)14-18-29-17-13-24(27)28;1-5-6(2,3)4/h23,26H,3-22H2,1-2H3,(H,27,28);1H3,(H,2,3,4). The van der Waals surface area contributed by atoms with Crippen molar-refractivity contribution in [3.63, 3.8) is 0 Å². The quantitative estimate of drug-likeness (QED) is 0.106. The zero-order valence-corrected chi connectivity index (χ0v) is 24.1.